The second-order valence-electron chi connectivity index (χ2n) is 12.3. The van der Waals surface area contributed by atoms with Crippen LogP contribution in [-0.2, 0) is 17.6 Å². The van der Waals surface area contributed by atoms with Crippen molar-refractivity contribution in [1.82, 2.24) is 9.80 Å². The third-order valence-corrected chi connectivity index (χ3v) is 9.16. The molecule has 0 bridgehead atoms. The van der Waals surface area contributed by atoms with E-state index in [0.29, 0.717) is 78.6 Å². The summed E-state index contributed by atoms with van der Waals surface area (Å²) in [6, 6.07) is 15.8. The first-order chi connectivity index (χ1) is 21.1. The van der Waals surface area contributed by atoms with Crippen LogP contribution in [0.25, 0.3) is 0 Å². The monoisotopic (exact) mass is 600 g/mol. The molecule has 0 spiro atoms. The van der Waals surface area contributed by atoms with Gasteiger partial charge in [0.15, 0.2) is 5.78 Å². The molecule has 1 N–H and O–H groups in total. The van der Waals surface area contributed by atoms with Gasteiger partial charge in [-0.3, -0.25) is 14.4 Å². The molecule has 232 valence electrons. The fourth-order valence-corrected chi connectivity index (χ4v) is 6.28. The predicted molar refractivity (Wildman–Crippen MR) is 167 cm³/mol. The molecule has 1 fully saturated rings. The maximum atomic E-state index is 13.8. The number of nitrogens with zero attached hydrogens (tertiary/aromatic N) is 2. The number of ether oxygens (including phenoxy) is 1. The molecular formula is C36H41FN2O5. The normalized spacial score (nSPS) is 16.2. The number of amides is 2. The summed E-state index contributed by atoms with van der Waals surface area (Å²) in [7, 11) is 1.76. The number of aliphatic hydroxyl groups is 1. The molecule has 0 saturated carbocycles. The van der Waals surface area contributed by atoms with E-state index in [-0.39, 0.29) is 24.0 Å². The number of piperidine rings is 1. The van der Waals surface area contributed by atoms with Crippen molar-refractivity contribution in [1.29, 1.82) is 0 Å². The van der Waals surface area contributed by atoms with E-state index in [0.717, 1.165) is 24.8 Å². The number of carbonyl (C=O) groups is 3. The van der Waals surface area contributed by atoms with Crippen molar-refractivity contribution in [3.05, 3.63) is 94.3 Å². The molecule has 2 heterocycles. The molecular weight excluding hydrogens is 559 g/mol. The van der Waals surface area contributed by atoms with E-state index in [2.05, 4.69) is 13.8 Å². The van der Waals surface area contributed by atoms with Crippen molar-refractivity contribution in [2.75, 3.05) is 26.7 Å². The molecule has 3 aromatic rings. The molecule has 1 saturated heterocycles. The van der Waals surface area contributed by atoms with Gasteiger partial charge in [-0.2, -0.15) is 0 Å². The van der Waals surface area contributed by atoms with Crippen molar-refractivity contribution in [2.24, 2.45) is 5.92 Å². The zero-order valence-corrected chi connectivity index (χ0v) is 25.8. The van der Waals surface area contributed by atoms with Gasteiger partial charge in [-0.05, 0) is 97.3 Å². The highest BCUT2D eigenvalue weighted by molar-refractivity contribution is 6.10. The number of carbonyl (C=O) groups excluding carboxylic acids is 3. The summed E-state index contributed by atoms with van der Waals surface area (Å²) >= 11 is 0. The number of hydrogen-bond acceptors (Lipinski definition) is 5. The lowest BCUT2D eigenvalue weighted by Gasteiger charge is -2.40. The Morgan fingerprint density at radius 1 is 0.932 bits per heavy atom. The number of rotatable bonds is 10. The highest BCUT2D eigenvalue weighted by atomic mass is 19.1. The Labute approximate surface area is 258 Å². The van der Waals surface area contributed by atoms with Crippen LogP contribution in [0.15, 0.2) is 60.7 Å². The van der Waals surface area contributed by atoms with Gasteiger partial charge in [0.05, 0.1) is 12.0 Å². The standard InChI is InChI=1S/C36H41FN2O5/c1-4-24(5-2)23-36(43)13-16-39(17-14-36)33(40)20-25-18-28(22-31(19-25)44-30-9-7-29(37)8-10-30)34(41)27-6-11-32-26(21-27)12-15-38(3)35(32)42/h6-11,18-19,21-22,24,43H,4-5,12-17,20,23H2,1-3H3. The molecule has 2 aliphatic rings. The SMILES string of the molecule is CCC(CC)CC1(O)CCN(C(=O)Cc2cc(Oc3ccc(F)cc3)cc(C(=O)c3ccc4c(c3)CCN(C)C4=O)c2)CC1. The first-order valence-electron chi connectivity index (χ1n) is 15.6. The third-order valence-electron chi connectivity index (χ3n) is 9.16. The lowest BCUT2D eigenvalue weighted by Crippen LogP contribution is -2.47. The number of likely N-dealkylation sites (tertiary alicyclic amines) is 1. The third kappa shape index (κ3) is 7.18. The highest BCUT2D eigenvalue weighted by Gasteiger charge is 2.35. The Morgan fingerprint density at radius 2 is 1.64 bits per heavy atom. The van der Waals surface area contributed by atoms with Crippen LogP contribution in [0.5, 0.6) is 11.5 Å². The van der Waals surface area contributed by atoms with Crippen LogP contribution < -0.4 is 4.74 Å². The zero-order chi connectivity index (χ0) is 31.4. The molecule has 3 aromatic carbocycles. The minimum absolute atomic E-state index is 0.0626. The zero-order valence-electron chi connectivity index (χ0n) is 25.8. The van der Waals surface area contributed by atoms with E-state index >= 15 is 0 Å². The summed E-state index contributed by atoms with van der Waals surface area (Å²) in [4.78, 5) is 43.2. The van der Waals surface area contributed by atoms with Gasteiger partial charge in [-0.25, -0.2) is 4.39 Å². The molecule has 0 aliphatic carbocycles. The minimum Gasteiger partial charge on any atom is -0.457 e. The Kier molecular flexibility index (Phi) is 9.49. The van der Waals surface area contributed by atoms with Crippen LogP contribution >= 0.6 is 0 Å². The highest BCUT2D eigenvalue weighted by Crippen LogP contribution is 2.32. The van der Waals surface area contributed by atoms with Gasteiger partial charge in [0.1, 0.15) is 17.3 Å². The molecule has 2 aliphatic heterocycles. The first kappa shape index (κ1) is 31.4. The Morgan fingerprint density at radius 3 is 2.32 bits per heavy atom. The largest absolute Gasteiger partial charge is 0.457 e. The van der Waals surface area contributed by atoms with Gasteiger partial charge in [-0.1, -0.05) is 32.8 Å². The second-order valence-corrected chi connectivity index (χ2v) is 12.3. The smallest absolute Gasteiger partial charge is 0.253 e. The maximum Gasteiger partial charge on any atom is 0.253 e. The van der Waals surface area contributed by atoms with Gasteiger partial charge in [0.25, 0.3) is 5.91 Å². The molecule has 8 heteroatoms. The van der Waals surface area contributed by atoms with Crippen LogP contribution in [0.3, 0.4) is 0 Å². The topological polar surface area (TPSA) is 87.2 Å². The average Bonchev–Trinajstić information content (AvgIpc) is 3.02. The van der Waals surface area contributed by atoms with Crippen LogP contribution in [0.4, 0.5) is 4.39 Å². The average molecular weight is 601 g/mol. The lowest BCUT2D eigenvalue weighted by atomic mass is 9.81. The fourth-order valence-electron chi connectivity index (χ4n) is 6.28. The van der Waals surface area contributed by atoms with Crippen LogP contribution in [0, 0.1) is 11.7 Å². The van der Waals surface area contributed by atoms with E-state index in [1.807, 2.05) is 0 Å². The van der Waals surface area contributed by atoms with Crippen molar-refractivity contribution < 1.29 is 28.6 Å². The lowest BCUT2D eigenvalue weighted by molar-refractivity contribution is -0.135. The second kappa shape index (κ2) is 13.3. The summed E-state index contributed by atoms with van der Waals surface area (Å²) < 4.78 is 19.5. The van der Waals surface area contributed by atoms with Crippen LogP contribution in [0.1, 0.15) is 83.4 Å². The van der Waals surface area contributed by atoms with E-state index in [4.69, 9.17) is 4.74 Å². The molecule has 0 atom stereocenters. The van der Waals surface area contributed by atoms with Crippen molar-refractivity contribution in [3.8, 4) is 11.5 Å². The van der Waals surface area contributed by atoms with Gasteiger partial charge < -0.3 is 19.6 Å². The molecule has 0 aromatic heterocycles. The summed E-state index contributed by atoms with van der Waals surface area (Å²) in [5, 5.41) is 11.2. The number of fused-ring (bicyclic) bond motifs is 1. The van der Waals surface area contributed by atoms with Crippen LogP contribution in [0.2, 0.25) is 0 Å². The number of halogens is 1. The summed E-state index contributed by atoms with van der Waals surface area (Å²) in [6.45, 7) is 5.84. The summed E-state index contributed by atoms with van der Waals surface area (Å²) in [5.74, 6) is 0.449. The van der Waals surface area contributed by atoms with E-state index in [9.17, 15) is 23.9 Å². The number of benzene rings is 3. The number of ketones is 1. The van der Waals surface area contributed by atoms with Gasteiger partial charge >= 0.3 is 0 Å². The maximum absolute atomic E-state index is 13.8. The molecule has 2 amide bonds. The number of likely N-dealkylation sites (N-methyl/N-ethyl adjacent to an activating group) is 1. The Balaban J connectivity index is 1.37. The molecule has 0 unspecified atom stereocenters. The molecule has 0 radical (unpaired) electrons. The summed E-state index contributed by atoms with van der Waals surface area (Å²) in [5.41, 5.74) is 2.11. The number of hydrogen-bond donors (Lipinski definition) is 1. The Hall–Kier alpha value is -4.04. The Bertz CT molecular complexity index is 1520. The van der Waals surface area contributed by atoms with Gasteiger partial charge in [0, 0.05) is 43.4 Å². The van der Waals surface area contributed by atoms with E-state index in [1.54, 1.807) is 53.2 Å². The first-order valence-corrected chi connectivity index (χ1v) is 15.6. The molecule has 44 heavy (non-hydrogen) atoms. The van der Waals surface area contributed by atoms with E-state index < -0.39 is 11.4 Å². The minimum atomic E-state index is -0.745. The van der Waals surface area contributed by atoms with E-state index in [1.165, 1.54) is 24.3 Å². The quantitative estimate of drug-likeness (QED) is 0.280. The van der Waals surface area contributed by atoms with Crippen molar-refractivity contribution in [2.45, 2.75) is 64.4 Å². The summed E-state index contributed by atoms with van der Waals surface area (Å²) in [6.07, 6.45) is 4.63. The van der Waals surface area contributed by atoms with Gasteiger partial charge in [-0.15, -0.1) is 0 Å². The fraction of sp³-hybridized carbons (Fsp3) is 0.417. The van der Waals surface area contributed by atoms with Crippen molar-refractivity contribution >= 4 is 17.6 Å². The predicted octanol–water partition coefficient (Wildman–Crippen LogP) is 6.20. The van der Waals surface area contributed by atoms with Gasteiger partial charge in [0.2, 0.25) is 5.91 Å². The van der Waals surface area contributed by atoms with Crippen molar-refractivity contribution in [3.63, 3.8) is 0 Å². The molecule has 7 nitrogen and oxygen atoms in total. The molecule has 5 rings (SSSR count). The van der Waals surface area contributed by atoms with Crippen LogP contribution in [-0.4, -0.2) is 64.8 Å².